The average Bonchev–Trinajstić information content (AvgIpc) is 3.30. The Morgan fingerprint density at radius 2 is 1.97 bits per heavy atom. The van der Waals surface area contributed by atoms with Crippen molar-refractivity contribution in [2.24, 2.45) is 5.92 Å². The van der Waals surface area contributed by atoms with E-state index in [1.54, 1.807) is 18.2 Å². The molecule has 1 unspecified atom stereocenters. The molecule has 179 valence electrons. The predicted molar refractivity (Wildman–Crippen MR) is 130 cm³/mol. The van der Waals surface area contributed by atoms with Crippen molar-refractivity contribution in [2.45, 2.75) is 31.3 Å². The second kappa shape index (κ2) is 11.0. The fraction of sp³-hybridized carbons (Fsp3) is 0.280. The number of nitrogens with zero attached hydrogens (tertiary/aromatic N) is 1. The highest BCUT2D eigenvalue weighted by atomic mass is 28.3. The first-order valence-electron chi connectivity index (χ1n) is 11.4. The molecule has 2 atom stereocenters. The number of aromatic amines is 1. The topological polar surface area (TPSA) is 127 Å². The number of piperidine rings is 1. The first-order valence-corrected chi connectivity index (χ1v) is 13.1. The van der Waals surface area contributed by atoms with Crippen LogP contribution in [0, 0.1) is 23.1 Å². The van der Waals surface area contributed by atoms with Gasteiger partial charge in [-0.2, -0.15) is 5.26 Å². The molecule has 2 heterocycles. The number of aromatic nitrogens is 1. The number of carbonyl (C=O) groups excluding carboxylic acids is 3. The van der Waals surface area contributed by atoms with Crippen LogP contribution in [0.4, 0.5) is 9.18 Å². The number of benzene rings is 2. The monoisotopic (exact) mass is 490 g/mol. The van der Waals surface area contributed by atoms with Gasteiger partial charge in [-0.15, -0.1) is 0 Å². The Bertz CT molecular complexity index is 1240. The van der Waals surface area contributed by atoms with Crippen LogP contribution in [0.25, 0.3) is 10.9 Å². The Kier molecular flexibility index (Phi) is 7.57. The number of hydrogen-bond acceptors (Lipinski definition) is 4. The minimum Gasteiger partial charge on any atom is -0.368 e. The molecule has 8 nitrogen and oxygen atoms in total. The first kappa shape index (κ1) is 24.2. The van der Waals surface area contributed by atoms with Gasteiger partial charge in [0.15, 0.2) is 0 Å². The number of carbonyl (C=O) groups is 3. The van der Waals surface area contributed by atoms with E-state index >= 15 is 0 Å². The van der Waals surface area contributed by atoms with Crippen LogP contribution in [-0.4, -0.2) is 43.9 Å². The fourth-order valence-corrected chi connectivity index (χ4v) is 5.89. The van der Waals surface area contributed by atoms with Gasteiger partial charge in [-0.1, -0.05) is 30.3 Å². The summed E-state index contributed by atoms with van der Waals surface area (Å²) in [6.45, 7) is 0.615. The lowest BCUT2D eigenvalue weighted by molar-refractivity contribution is -0.126. The number of amides is 3. The summed E-state index contributed by atoms with van der Waals surface area (Å²) in [6, 6.07) is 16.3. The van der Waals surface area contributed by atoms with Gasteiger partial charge < -0.3 is 20.6 Å². The van der Waals surface area contributed by atoms with Crippen molar-refractivity contribution in [3.63, 3.8) is 0 Å². The number of para-hydroxylation sites is 1. The molecule has 4 N–H and O–H groups in total. The molecule has 1 aliphatic heterocycles. The van der Waals surface area contributed by atoms with Gasteiger partial charge >= 0.3 is 0 Å². The van der Waals surface area contributed by atoms with Crippen LogP contribution in [0.15, 0.2) is 54.6 Å². The number of hydrogen-bond donors (Lipinski definition) is 4. The van der Waals surface area contributed by atoms with E-state index in [0.29, 0.717) is 24.2 Å². The Morgan fingerprint density at radius 3 is 2.69 bits per heavy atom. The van der Waals surface area contributed by atoms with Gasteiger partial charge in [-0.3, -0.25) is 14.4 Å². The molecule has 3 amide bonds. The molecular weight excluding hydrogens is 465 g/mol. The lowest BCUT2D eigenvalue weighted by Crippen LogP contribution is -2.54. The molecule has 1 aromatic heterocycles. The van der Waals surface area contributed by atoms with Crippen molar-refractivity contribution in [3.8, 4) is 6.07 Å². The summed E-state index contributed by atoms with van der Waals surface area (Å²) in [7, 11) is -2.27. The maximum Gasteiger partial charge on any atom is 0.285 e. The van der Waals surface area contributed by atoms with E-state index in [2.05, 4.69) is 26.7 Å². The van der Waals surface area contributed by atoms with E-state index in [9.17, 15) is 24.0 Å². The molecule has 3 aromatic rings. The zero-order valence-corrected chi connectivity index (χ0v) is 19.9. The first-order chi connectivity index (χ1) is 16.9. The molecule has 10 heteroatoms. The molecule has 0 bridgehead atoms. The molecule has 1 fully saturated rings. The summed E-state index contributed by atoms with van der Waals surface area (Å²) >= 11 is 0. The van der Waals surface area contributed by atoms with Gasteiger partial charge in [-0.05, 0) is 55.1 Å². The van der Waals surface area contributed by atoms with Crippen LogP contribution >= 0.6 is 0 Å². The van der Waals surface area contributed by atoms with Crippen LogP contribution < -0.4 is 15.6 Å². The lowest BCUT2D eigenvalue weighted by atomic mass is 9.92. The van der Waals surface area contributed by atoms with Gasteiger partial charge in [0.2, 0.25) is 11.4 Å². The quantitative estimate of drug-likeness (QED) is 0.362. The molecule has 2 aromatic carbocycles. The number of fused-ring (bicyclic) bond motifs is 1. The largest absolute Gasteiger partial charge is 0.368 e. The highest BCUT2D eigenvalue weighted by molar-refractivity contribution is 6.89. The maximum absolute atomic E-state index is 13.4. The third kappa shape index (κ3) is 6.13. The molecule has 1 saturated heterocycles. The van der Waals surface area contributed by atoms with E-state index in [1.165, 1.54) is 12.1 Å². The second-order valence-electron chi connectivity index (χ2n) is 8.53. The number of nitriles is 1. The summed E-state index contributed by atoms with van der Waals surface area (Å²) in [4.78, 5) is 44.2. The SMILES string of the molecule is N#C[C@H](CC1CCCNC1=O)NC(=O)[Si](Cc1ccc(F)cc1)NC(=O)c1cc2ccccc2[nH]1. The summed E-state index contributed by atoms with van der Waals surface area (Å²) in [5.74, 6) is -1.30. The van der Waals surface area contributed by atoms with E-state index in [-0.39, 0.29) is 24.3 Å². The molecule has 35 heavy (non-hydrogen) atoms. The van der Waals surface area contributed by atoms with Gasteiger partial charge in [0.1, 0.15) is 17.6 Å². The summed E-state index contributed by atoms with van der Waals surface area (Å²) < 4.78 is 13.4. The van der Waals surface area contributed by atoms with Gasteiger partial charge in [0.25, 0.3) is 14.9 Å². The van der Waals surface area contributed by atoms with Gasteiger partial charge in [0.05, 0.1) is 6.07 Å². The van der Waals surface area contributed by atoms with E-state index in [1.807, 2.05) is 24.3 Å². The number of H-pyrrole nitrogens is 1. The van der Waals surface area contributed by atoms with E-state index < -0.39 is 32.3 Å². The fourth-order valence-electron chi connectivity index (χ4n) is 4.12. The molecule has 4 rings (SSSR count). The molecule has 0 aliphatic carbocycles. The van der Waals surface area contributed by atoms with Gasteiger partial charge in [-0.25, -0.2) is 4.39 Å². The molecule has 0 saturated carbocycles. The summed E-state index contributed by atoms with van der Waals surface area (Å²) in [5.41, 5.74) is 1.35. The van der Waals surface area contributed by atoms with Crippen LogP contribution in [0.5, 0.6) is 0 Å². The molecular formula is C25H25FN5O3Si. The van der Waals surface area contributed by atoms with Crippen molar-refractivity contribution in [1.29, 1.82) is 5.26 Å². The van der Waals surface area contributed by atoms with Crippen molar-refractivity contribution < 1.29 is 18.8 Å². The maximum atomic E-state index is 13.4. The predicted octanol–water partition coefficient (Wildman–Crippen LogP) is 2.91. The summed E-state index contributed by atoms with van der Waals surface area (Å²) in [6.07, 6.45) is 1.68. The summed E-state index contributed by atoms with van der Waals surface area (Å²) in [5, 5.41) is 16.0. The minimum absolute atomic E-state index is 0.116. The van der Waals surface area contributed by atoms with Crippen molar-refractivity contribution in [2.75, 3.05) is 6.54 Å². The van der Waals surface area contributed by atoms with Crippen molar-refractivity contribution in [1.82, 2.24) is 20.6 Å². The van der Waals surface area contributed by atoms with Crippen LogP contribution in [-0.2, 0) is 10.8 Å². The Morgan fingerprint density at radius 1 is 1.20 bits per heavy atom. The van der Waals surface area contributed by atoms with E-state index in [4.69, 9.17) is 0 Å². The molecule has 1 radical (unpaired) electrons. The molecule has 0 spiro atoms. The zero-order valence-electron chi connectivity index (χ0n) is 18.9. The Hall–Kier alpha value is -3.97. The molecule has 1 aliphatic rings. The van der Waals surface area contributed by atoms with E-state index in [0.717, 1.165) is 17.3 Å². The third-order valence-corrected chi connectivity index (χ3v) is 7.97. The third-order valence-electron chi connectivity index (χ3n) is 5.99. The standard InChI is InChI=1S/C25H25FN5O3Si/c26-19-9-7-16(8-10-19)15-35(31-24(33)22-13-17-4-1-2-6-21(17)30-22)25(34)29-20(14-27)12-18-5-3-11-28-23(18)32/h1-2,4,6-10,13,18,20,30H,3,5,11-12,15H2,(H,28,32)(H,29,34)(H,31,33)/t18?,20-/m0/s1. The average molecular weight is 491 g/mol. The van der Waals surface area contributed by atoms with Crippen LogP contribution in [0.1, 0.15) is 35.3 Å². The zero-order chi connectivity index (χ0) is 24.8. The number of rotatable bonds is 8. The van der Waals surface area contributed by atoms with Crippen molar-refractivity contribution >= 4 is 37.2 Å². The Balaban J connectivity index is 1.50. The normalized spacial score (nSPS) is 16.4. The van der Waals surface area contributed by atoms with Crippen LogP contribution in [0.3, 0.4) is 0 Å². The highest BCUT2D eigenvalue weighted by Gasteiger charge is 2.31. The van der Waals surface area contributed by atoms with Crippen LogP contribution in [0.2, 0.25) is 0 Å². The number of nitrogens with one attached hydrogen (secondary N) is 4. The minimum atomic E-state index is -2.27. The smallest absolute Gasteiger partial charge is 0.285 e. The number of halogens is 1. The van der Waals surface area contributed by atoms with Gasteiger partial charge in [0, 0.05) is 23.4 Å². The highest BCUT2D eigenvalue weighted by Crippen LogP contribution is 2.18. The lowest BCUT2D eigenvalue weighted by Gasteiger charge is -2.24. The van der Waals surface area contributed by atoms with Crippen molar-refractivity contribution in [3.05, 3.63) is 71.7 Å². The second-order valence-corrected chi connectivity index (χ2v) is 10.5. The Labute approximate surface area is 203 Å².